The van der Waals surface area contributed by atoms with E-state index in [1.807, 2.05) is 0 Å². The Morgan fingerprint density at radius 1 is 1.22 bits per heavy atom. The second-order valence-corrected chi connectivity index (χ2v) is 7.44. The largest absolute Gasteiger partial charge is 0.393 e. The summed E-state index contributed by atoms with van der Waals surface area (Å²) < 4.78 is 4.45. The molecule has 0 aromatic heterocycles. The number of hydrogen-bond donors (Lipinski definition) is 3. The molecule has 0 aliphatic carbocycles. The summed E-state index contributed by atoms with van der Waals surface area (Å²) in [6, 6.07) is 8.82. The summed E-state index contributed by atoms with van der Waals surface area (Å²) in [5.74, 6) is 0. The molecule has 132 valence electrons. The third kappa shape index (κ3) is 7.43. The van der Waals surface area contributed by atoms with Gasteiger partial charge in [-0.2, -0.15) is 13.5 Å². The molecule has 1 fully saturated rings. The van der Waals surface area contributed by atoms with Gasteiger partial charge in [-0.3, -0.25) is 0 Å². The molecule has 1 aliphatic heterocycles. The number of nitrogens with zero attached hydrogens (tertiary/aromatic N) is 2. The number of hydrogen-bond acceptors (Lipinski definition) is 6. The van der Waals surface area contributed by atoms with Crippen molar-refractivity contribution in [3.8, 4) is 0 Å². The summed E-state index contributed by atoms with van der Waals surface area (Å²) in [4.78, 5) is 0. The van der Waals surface area contributed by atoms with E-state index in [9.17, 15) is 5.11 Å². The summed E-state index contributed by atoms with van der Waals surface area (Å²) in [6.07, 6.45) is 1.56. The number of piperidine rings is 1. The Bertz CT molecular complexity index is 446. The van der Waals surface area contributed by atoms with Crippen LogP contribution in [-0.2, 0) is 13.1 Å². The second kappa shape index (κ2) is 10.6. The van der Waals surface area contributed by atoms with Crippen LogP contribution in [-0.4, -0.2) is 53.0 Å². The molecular weight excluding hydrogens is 328 g/mol. The fourth-order valence-electron chi connectivity index (χ4n) is 2.77. The third-order valence-corrected chi connectivity index (χ3v) is 4.72. The maximum absolute atomic E-state index is 9.73. The predicted octanol–water partition coefficient (Wildman–Crippen LogP) is 1.30. The average molecular weight is 359 g/mol. The first-order valence-corrected chi connectivity index (χ1v) is 8.59. The molecule has 0 radical (unpaired) electrons. The van der Waals surface area contributed by atoms with Crippen molar-refractivity contribution in [1.29, 1.82) is 0 Å². The van der Waals surface area contributed by atoms with Gasteiger partial charge in [-0.25, -0.2) is 8.61 Å². The van der Waals surface area contributed by atoms with E-state index >= 15 is 0 Å². The molecule has 4 N–H and O–H groups in total. The fraction of sp³-hybridized carbons (Fsp3) is 0.625. The molecular formula is C16H30N4OS2. The topological polar surface area (TPSA) is 64.8 Å². The van der Waals surface area contributed by atoms with Crippen LogP contribution in [0.3, 0.4) is 0 Å². The lowest BCUT2D eigenvalue weighted by Crippen LogP contribution is -2.45. The molecule has 1 heterocycles. The Balaban J connectivity index is 0.00000264. The molecule has 1 saturated heterocycles. The third-order valence-electron chi connectivity index (χ3n) is 3.89. The van der Waals surface area contributed by atoms with Crippen LogP contribution in [0.5, 0.6) is 0 Å². The normalized spacial score (nSPS) is 21.5. The highest BCUT2D eigenvalue weighted by atomic mass is 32.2. The van der Waals surface area contributed by atoms with Crippen LogP contribution in [0, 0.1) is 0 Å². The van der Waals surface area contributed by atoms with Crippen LogP contribution in [0.2, 0.25) is 0 Å². The van der Waals surface area contributed by atoms with Crippen LogP contribution < -0.4 is 11.1 Å². The van der Waals surface area contributed by atoms with E-state index in [-0.39, 0.29) is 19.6 Å². The molecule has 0 amide bonds. The van der Waals surface area contributed by atoms with E-state index in [0.717, 1.165) is 38.0 Å². The van der Waals surface area contributed by atoms with Crippen LogP contribution in [0.4, 0.5) is 0 Å². The van der Waals surface area contributed by atoms with Gasteiger partial charge < -0.3 is 16.2 Å². The number of aliphatic hydroxyl groups excluding tert-OH is 1. The van der Waals surface area contributed by atoms with Crippen molar-refractivity contribution < 1.29 is 5.11 Å². The Morgan fingerprint density at radius 2 is 1.87 bits per heavy atom. The van der Waals surface area contributed by atoms with E-state index in [4.69, 9.17) is 5.73 Å². The zero-order valence-corrected chi connectivity index (χ0v) is 15.9. The highest BCUT2D eigenvalue weighted by Gasteiger charge is 2.21. The summed E-state index contributed by atoms with van der Waals surface area (Å²) in [5.41, 5.74) is 8.07. The monoisotopic (exact) mass is 358 g/mol. The van der Waals surface area contributed by atoms with Gasteiger partial charge in [0.15, 0.2) is 0 Å². The fourth-order valence-corrected chi connectivity index (χ4v) is 3.70. The summed E-state index contributed by atoms with van der Waals surface area (Å²) in [7, 11) is 4.20. The Labute approximate surface area is 151 Å². The molecule has 1 aromatic rings. The van der Waals surface area contributed by atoms with Crippen LogP contribution in [0.15, 0.2) is 24.3 Å². The standard InChI is InChI=1S/C16H28N4OS.H2S/c1-19(11-14-5-3-13(10-17)4-6-14)22-20(2)12-15-9-16(21)7-8-18-15;/h3-6,15-16,18,21H,7-12,17H2,1-2H3;1H2. The first-order valence-electron chi connectivity index (χ1n) is 7.86. The van der Waals surface area contributed by atoms with Gasteiger partial charge in [-0.15, -0.1) is 0 Å². The molecule has 23 heavy (non-hydrogen) atoms. The molecule has 0 saturated carbocycles. The number of likely N-dealkylation sites (N-methyl/N-ethyl adjacent to an activating group) is 1. The number of rotatable bonds is 7. The molecule has 0 spiro atoms. The zero-order chi connectivity index (χ0) is 15.9. The van der Waals surface area contributed by atoms with Crippen molar-refractivity contribution in [1.82, 2.24) is 13.9 Å². The predicted molar refractivity (Wildman–Crippen MR) is 103 cm³/mol. The van der Waals surface area contributed by atoms with Gasteiger partial charge in [0.25, 0.3) is 0 Å². The van der Waals surface area contributed by atoms with Gasteiger partial charge in [-0.05, 0) is 44.6 Å². The lowest BCUT2D eigenvalue weighted by Gasteiger charge is -2.31. The van der Waals surface area contributed by atoms with Crippen LogP contribution >= 0.6 is 25.6 Å². The van der Waals surface area contributed by atoms with Crippen LogP contribution in [0.25, 0.3) is 0 Å². The van der Waals surface area contributed by atoms with Gasteiger partial charge in [0.1, 0.15) is 0 Å². The van der Waals surface area contributed by atoms with E-state index in [0.29, 0.717) is 12.6 Å². The number of aliphatic hydroxyl groups is 1. The van der Waals surface area contributed by atoms with Gasteiger partial charge in [-0.1, -0.05) is 24.3 Å². The second-order valence-electron chi connectivity index (χ2n) is 6.03. The first kappa shape index (κ1) is 20.8. The van der Waals surface area contributed by atoms with Crippen molar-refractivity contribution in [3.63, 3.8) is 0 Å². The van der Waals surface area contributed by atoms with Crippen molar-refractivity contribution in [2.45, 2.75) is 38.1 Å². The van der Waals surface area contributed by atoms with Crippen LogP contribution in [0.1, 0.15) is 24.0 Å². The van der Waals surface area contributed by atoms with Gasteiger partial charge in [0.05, 0.1) is 6.10 Å². The maximum Gasteiger partial charge on any atom is 0.0567 e. The van der Waals surface area contributed by atoms with Gasteiger partial charge in [0.2, 0.25) is 0 Å². The zero-order valence-electron chi connectivity index (χ0n) is 14.0. The van der Waals surface area contributed by atoms with Gasteiger partial charge in [0, 0.05) is 37.8 Å². The lowest BCUT2D eigenvalue weighted by molar-refractivity contribution is 0.113. The van der Waals surface area contributed by atoms with Crippen molar-refractivity contribution in [2.24, 2.45) is 5.73 Å². The van der Waals surface area contributed by atoms with Crippen molar-refractivity contribution in [3.05, 3.63) is 35.4 Å². The van der Waals surface area contributed by atoms with E-state index in [1.54, 1.807) is 12.1 Å². The molecule has 2 unspecified atom stereocenters. The molecule has 1 aliphatic rings. The maximum atomic E-state index is 9.73. The molecule has 7 heteroatoms. The van der Waals surface area contributed by atoms with Crippen molar-refractivity contribution >= 4 is 25.6 Å². The SMILES string of the molecule is CN(Cc1ccc(CN)cc1)SN(C)CC1CC(O)CCN1.S. The number of nitrogens with one attached hydrogen (secondary N) is 1. The van der Waals surface area contributed by atoms with E-state index < -0.39 is 0 Å². The highest BCUT2D eigenvalue weighted by Crippen LogP contribution is 2.18. The molecule has 2 rings (SSSR count). The lowest BCUT2D eigenvalue weighted by atomic mass is 10.0. The highest BCUT2D eigenvalue weighted by molar-refractivity contribution is 7.94. The Morgan fingerprint density at radius 3 is 2.48 bits per heavy atom. The van der Waals surface area contributed by atoms with Gasteiger partial charge >= 0.3 is 0 Å². The minimum absolute atomic E-state index is 0. The summed E-state index contributed by atoms with van der Waals surface area (Å²) >= 11 is 1.72. The molecule has 2 atom stereocenters. The minimum Gasteiger partial charge on any atom is -0.393 e. The summed E-state index contributed by atoms with van der Waals surface area (Å²) in [5, 5.41) is 13.2. The smallest absolute Gasteiger partial charge is 0.0567 e. The van der Waals surface area contributed by atoms with Crippen molar-refractivity contribution in [2.75, 3.05) is 27.2 Å². The van der Waals surface area contributed by atoms with E-state index in [2.05, 4.69) is 52.3 Å². The number of nitrogens with two attached hydrogens (primary N) is 1. The number of benzene rings is 1. The minimum atomic E-state index is -0.150. The quantitative estimate of drug-likeness (QED) is 0.639. The molecule has 0 bridgehead atoms. The molecule has 1 aromatic carbocycles. The Kier molecular flexibility index (Phi) is 9.53. The van der Waals surface area contributed by atoms with E-state index in [1.165, 1.54) is 5.56 Å². The first-order chi connectivity index (χ1) is 10.6. The summed E-state index contributed by atoms with van der Waals surface area (Å²) in [6.45, 7) is 3.32. The average Bonchev–Trinajstić information content (AvgIpc) is 2.47. The molecule has 5 nitrogen and oxygen atoms in total. The Hall–Kier alpha value is -0.280.